The van der Waals surface area contributed by atoms with Gasteiger partial charge in [-0.1, -0.05) is 36.4 Å². The van der Waals surface area contributed by atoms with E-state index in [2.05, 4.69) is 15.9 Å². The van der Waals surface area contributed by atoms with Crippen LogP contribution in [-0.4, -0.2) is 46.0 Å². The summed E-state index contributed by atoms with van der Waals surface area (Å²) in [5.74, 6) is 2.53. The van der Waals surface area contributed by atoms with Gasteiger partial charge in [-0.25, -0.2) is 4.79 Å². The van der Waals surface area contributed by atoms with Crippen LogP contribution in [0.3, 0.4) is 0 Å². The van der Waals surface area contributed by atoms with Gasteiger partial charge in [-0.15, -0.1) is 0 Å². The van der Waals surface area contributed by atoms with Crippen LogP contribution >= 0.6 is 15.9 Å². The van der Waals surface area contributed by atoms with E-state index >= 15 is 0 Å². The Morgan fingerprint density at radius 1 is 0.944 bits per heavy atom. The lowest BCUT2D eigenvalue weighted by molar-refractivity contribution is 0.100. The van der Waals surface area contributed by atoms with Crippen LogP contribution in [0.15, 0.2) is 59.1 Å². The van der Waals surface area contributed by atoms with Crippen LogP contribution in [-0.2, 0) is 24.2 Å². The van der Waals surface area contributed by atoms with Crippen LogP contribution in [0.2, 0.25) is 0 Å². The highest BCUT2D eigenvalue weighted by molar-refractivity contribution is 9.10. The summed E-state index contributed by atoms with van der Waals surface area (Å²) < 4.78 is 28.8. The molecule has 0 aromatic heterocycles. The summed E-state index contributed by atoms with van der Waals surface area (Å²) in [5, 5.41) is 0. The first-order valence-corrected chi connectivity index (χ1v) is 12.4. The number of rotatable bonds is 8. The van der Waals surface area contributed by atoms with Gasteiger partial charge in [0, 0.05) is 6.54 Å². The number of carbonyl (C=O) groups is 1. The predicted octanol–water partition coefficient (Wildman–Crippen LogP) is 5.96. The maximum absolute atomic E-state index is 12.8. The molecule has 8 heteroatoms. The van der Waals surface area contributed by atoms with Crippen molar-refractivity contribution in [1.82, 2.24) is 4.90 Å². The fraction of sp³-hybridized carbons (Fsp3) is 0.321. The van der Waals surface area contributed by atoms with Crippen molar-refractivity contribution in [2.24, 2.45) is 0 Å². The Hall–Kier alpha value is -3.39. The highest BCUT2D eigenvalue weighted by atomic mass is 79.9. The van der Waals surface area contributed by atoms with Gasteiger partial charge in [0.1, 0.15) is 6.61 Å². The largest absolute Gasteiger partial charge is 0.493 e. The number of methoxy groups -OCH3 is 4. The van der Waals surface area contributed by atoms with Crippen molar-refractivity contribution in [3.63, 3.8) is 0 Å². The highest BCUT2D eigenvalue weighted by Crippen LogP contribution is 2.43. The van der Waals surface area contributed by atoms with Gasteiger partial charge in [-0.2, -0.15) is 0 Å². The molecule has 0 saturated carbocycles. The molecule has 1 aliphatic heterocycles. The van der Waals surface area contributed by atoms with E-state index < -0.39 is 0 Å². The number of hydrogen-bond donors (Lipinski definition) is 0. The third kappa shape index (κ3) is 5.23. The van der Waals surface area contributed by atoms with Gasteiger partial charge in [0.25, 0.3) is 0 Å². The average molecular weight is 556 g/mol. The standard InChI is InChI=1S/C28H30BrNO6/c1-32-23-11-10-20(26(29)27(23)36-17-18-8-6-5-7-9-18)14-22-21-16-25(34-3)24(33-2)15-19(21)12-13-30(22)28(31)35-4/h5-11,15-16,22H,12-14,17H2,1-4H3. The molecule has 0 spiro atoms. The summed E-state index contributed by atoms with van der Waals surface area (Å²) in [6.45, 7) is 0.932. The molecule has 190 valence electrons. The first kappa shape index (κ1) is 25.7. The van der Waals surface area contributed by atoms with Crippen LogP contribution in [0.4, 0.5) is 4.79 Å². The molecule has 36 heavy (non-hydrogen) atoms. The molecule has 1 amide bonds. The number of benzene rings is 3. The first-order valence-electron chi connectivity index (χ1n) is 11.6. The second-order valence-electron chi connectivity index (χ2n) is 8.38. The molecule has 3 aromatic rings. The fourth-order valence-corrected chi connectivity index (χ4v) is 5.16. The van der Waals surface area contributed by atoms with Crippen LogP contribution in [0, 0.1) is 0 Å². The maximum Gasteiger partial charge on any atom is 0.410 e. The molecule has 0 fully saturated rings. The molecular weight excluding hydrogens is 526 g/mol. The van der Waals surface area contributed by atoms with Crippen LogP contribution < -0.4 is 18.9 Å². The van der Waals surface area contributed by atoms with Crippen molar-refractivity contribution in [2.75, 3.05) is 35.0 Å². The van der Waals surface area contributed by atoms with Crippen LogP contribution in [0.5, 0.6) is 23.0 Å². The molecule has 0 aliphatic carbocycles. The number of hydrogen-bond acceptors (Lipinski definition) is 6. The number of amides is 1. The predicted molar refractivity (Wildman–Crippen MR) is 140 cm³/mol. The lowest BCUT2D eigenvalue weighted by atomic mass is 9.88. The van der Waals surface area contributed by atoms with E-state index in [4.69, 9.17) is 23.7 Å². The minimum atomic E-state index is -0.370. The first-order chi connectivity index (χ1) is 17.5. The van der Waals surface area contributed by atoms with Crippen molar-refractivity contribution in [3.8, 4) is 23.0 Å². The summed E-state index contributed by atoms with van der Waals surface area (Å²) >= 11 is 3.75. The summed E-state index contributed by atoms with van der Waals surface area (Å²) in [6.07, 6.45) is 0.853. The van der Waals surface area contributed by atoms with Gasteiger partial charge in [0.05, 0.1) is 39.0 Å². The third-order valence-electron chi connectivity index (χ3n) is 6.41. The molecule has 1 atom stereocenters. The fourth-order valence-electron chi connectivity index (χ4n) is 4.55. The van der Waals surface area contributed by atoms with Gasteiger partial charge >= 0.3 is 6.09 Å². The van der Waals surface area contributed by atoms with Crippen molar-refractivity contribution in [2.45, 2.75) is 25.5 Å². The van der Waals surface area contributed by atoms with Gasteiger partial charge in [-0.3, -0.25) is 0 Å². The molecule has 7 nitrogen and oxygen atoms in total. The number of carbonyl (C=O) groups excluding carboxylic acids is 1. The number of ether oxygens (including phenoxy) is 5. The van der Waals surface area contributed by atoms with E-state index in [1.807, 2.05) is 54.6 Å². The normalized spacial score (nSPS) is 14.6. The Labute approximate surface area is 220 Å². The summed E-state index contributed by atoms with van der Waals surface area (Å²) in [5.41, 5.74) is 4.14. The van der Waals surface area contributed by atoms with E-state index in [0.29, 0.717) is 49.0 Å². The molecule has 0 radical (unpaired) electrons. The Balaban J connectivity index is 1.72. The van der Waals surface area contributed by atoms with E-state index in [-0.39, 0.29) is 12.1 Å². The second-order valence-corrected chi connectivity index (χ2v) is 9.18. The molecule has 0 bridgehead atoms. The minimum absolute atomic E-state index is 0.271. The summed E-state index contributed by atoms with van der Waals surface area (Å²) in [4.78, 5) is 14.5. The zero-order valence-corrected chi connectivity index (χ0v) is 22.5. The minimum Gasteiger partial charge on any atom is -0.493 e. The molecule has 1 unspecified atom stereocenters. The monoisotopic (exact) mass is 555 g/mol. The molecule has 1 aliphatic rings. The van der Waals surface area contributed by atoms with Crippen LogP contribution in [0.1, 0.15) is 28.3 Å². The molecule has 3 aromatic carbocycles. The molecular formula is C28H30BrNO6. The lowest BCUT2D eigenvalue weighted by Crippen LogP contribution is -2.41. The highest BCUT2D eigenvalue weighted by Gasteiger charge is 2.34. The topological polar surface area (TPSA) is 66.5 Å². The third-order valence-corrected chi connectivity index (χ3v) is 7.28. The molecule has 0 saturated heterocycles. The van der Waals surface area contributed by atoms with E-state index in [1.54, 1.807) is 26.2 Å². The van der Waals surface area contributed by atoms with Gasteiger partial charge in [-0.05, 0) is 69.2 Å². The Kier molecular flexibility index (Phi) is 8.25. The van der Waals surface area contributed by atoms with E-state index in [0.717, 1.165) is 26.7 Å². The number of fused-ring (bicyclic) bond motifs is 1. The van der Waals surface area contributed by atoms with Crippen molar-refractivity contribution in [3.05, 3.63) is 81.3 Å². The smallest absolute Gasteiger partial charge is 0.410 e. The number of nitrogens with zero attached hydrogens (tertiary/aromatic N) is 1. The van der Waals surface area contributed by atoms with Crippen LogP contribution in [0.25, 0.3) is 0 Å². The Morgan fingerprint density at radius 2 is 1.64 bits per heavy atom. The SMILES string of the molecule is COC(=O)N1CCc2cc(OC)c(OC)cc2C1Cc1ccc(OC)c(OCc2ccccc2)c1Br. The van der Waals surface area contributed by atoms with Crippen molar-refractivity contribution < 1.29 is 28.5 Å². The molecule has 1 heterocycles. The summed E-state index contributed by atoms with van der Waals surface area (Å²) in [6, 6.07) is 17.5. The van der Waals surface area contributed by atoms with E-state index in [9.17, 15) is 4.79 Å². The zero-order valence-electron chi connectivity index (χ0n) is 20.9. The summed E-state index contributed by atoms with van der Waals surface area (Å²) in [7, 11) is 6.25. The Bertz CT molecular complexity index is 1220. The number of halogens is 1. The van der Waals surface area contributed by atoms with Gasteiger partial charge in [0.15, 0.2) is 23.0 Å². The molecule has 4 rings (SSSR count). The van der Waals surface area contributed by atoms with Gasteiger partial charge < -0.3 is 28.6 Å². The molecule has 0 N–H and O–H groups in total. The Morgan fingerprint density at radius 3 is 2.31 bits per heavy atom. The van der Waals surface area contributed by atoms with Crippen molar-refractivity contribution in [1.29, 1.82) is 0 Å². The lowest BCUT2D eigenvalue weighted by Gasteiger charge is -2.37. The average Bonchev–Trinajstić information content (AvgIpc) is 2.92. The zero-order chi connectivity index (χ0) is 25.7. The second kappa shape index (κ2) is 11.6. The van der Waals surface area contributed by atoms with E-state index in [1.165, 1.54) is 7.11 Å². The quantitative estimate of drug-likeness (QED) is 0.341. The van der Waals surface area contributed by atoms with Gasteiger partial charge in [0.2, 0.25) is 0 Å². The van der Waals surface area contributed by atoms with Crippen molar-refractivity contribution >= 4 is 22.0 Å². The maximum atomic E-state index is 12.8.